The number of likely N-dealkylation sites (tertiary alicyclic amines) is 1. The molecule has 1 aliphatic heterocycles. The van der Waals surface area contributed by atoms with Crippen LogP contribution in [0.4, 0.5) is 0 Å². The number of carboxylic acid groups (broad SMARTS) is 1. The van der Waals surface area contributed by atoms with Crippen molar-refractivity contribution < 1.29 is 14.7 Å². The van der Waals surface area contributed by atoms with Crippen molar-refractivity contribution in [1.29, 1.82) is 0 Å². The van der Waals surface area contributed by atoms with Gasteiger partial charge in [-0.05, 0) is 24.1 Å². The zero-order valence-electron chi connectivity index (χ0n) is 12.5. The minimum absolute atomic E-state index is 0. The van der Waals surface area contributed by atoms with Crippen LogP contribution in [-0.2, 0) is 4.79 Å². The fourth-order valence-corrected chi connectivity index (χ4v) is 3.01. The lowest BCUT2D eigenvalue weighted by molar-refractivity contribution is -0.141. The first-order valence-corrected chi connectivity index (χ1v) is 7.30. The lowest BCUT2D eigenvalue weighted by Gasteiger charge is -2.21. The third-order valence-corrected chi connectivity index (χ3v) is 4.14. The Morgan fingerprint density at radius 1 is 0.957 bits per heavy atom. The zero-order valence-corrected chi connectivity index (χ0v) is 13.3. The molecule has 1 fully saturated rings. The van der Waals surface area contributed by atoms with E-state index in [1.807, 2.05) is 36.4 Å². The van der Waals surface area contributed by atoms with E-state index in [0.29, 0.717) is 18.5 Å². The van der Waals surface area contributed by atoms with Gasteiger partial charge in [0.1, 0.15) is 6.04 Å². The second-order valence-corrected chi connectivity index (χ2v) is 5.52. The van der Waals surface area contributed by atoms with E-state index in [2.05, 4.69) is 0 Å². The maximum Gasteiger partial charge on any atom is 0.326 e. The van der Waals surface area contributed by atoms with Gasteiger partial charge in [0.15, 0.2) is 0 Å². The summed E-state index contributed by atoms with van der Waals surface area (Å²) in [5.41, 5.74) is 1.61. The van der Waals surface area contributed by atoms with Crippen molar-refractivity contribution in [3.63, 3.8) is 0 Å². The summed E-state index contributed by atoms with van der Waals surface area (Å²) >= 11 is 0. The Kier molecular flexibility index (Phi) is 5.40. The number of rotatable bonds is 3. The van der Waals surface area contributed by atoms with Crippen molar-refractivity contribution in [2.75, 3.05) is 6.54 Å². The van der Waals surface area contributed by atoms with Gasteiger partial charge in [-0.15, -0.1) is 12.4 Å². The molecule has 1 heterocycles. The van der Waals surface area contributed by atoms with Gasteiger partial charge < -0.3 is 10.0 Å². The Labute approximate surface area is 141 Å². The van der Waals surface area contributed by atoms with Crippen LogP contribution in [-0.4, -0.2) is 34.5 Å². The molecule has 2 aromatic rings. The topological polar surface area (TPSA) is 57.6 Å². The summed E-state index contributed by atoms with van der Waals surface area (Å²) in [5, 5.41) is 9.45. The molecule has 0 saturated carbocycles. The van der Waals surface area contributed by atoms with Gasteiger partial charge in [-0.2, -0.15) is 0 Å². The maximum atomic E-state index is 12.6. The standard InChI is InChI=1S/C18H17NO3.ClH/c20-17(14-9-5-2-6-10-14)19-12-15(11-16(19)18(21)22)13-7-3-1-4-8-13;/h1-10,15-16H,11-12H2,(H,21,22);1H/t15-,16-;/m0./s1. The first-order valence-electron chi connectivity index (χ1n) is 7.30. The largest absolute Gasteiger partial charge is 0.480 e. The summed E-state index contributed by atoms with van der Waals surface area (Å²) in [4.78, 5) is 25.6. The molecule has 3 rings (SSSR count). The van der Waals surface area contributed by atoms with Gasteiger partial charge in [-0.1, -0.05) is 48.5 Å². The molecular weight excluding hydrogens is 314 g/mol. The summed E-state index contributed by atoms with van der Waals surface area (Å²) in [6.45, 7) is 0.439. The highest BCUT2D eigenvalue weighted by Gasteiger charge is 2.40. The molecule has 1 aliphatic rings. The summed E-state index contributed by atoms with van der Waals surface area (Å²) < 4.78 is 0. The van der Waals surface area contributed by atoms with Gasteiger partial charge in [0, 0.05) is 18.0 Å². The molecule has 0 radical (unpaired) electrons. The Bertz CT molecular complexity index is 675. The fraction of sp³-hybridized carbons (Fsp3) is 0.222. The van der Waals surface area contributed by atoms with Crippen LogP contribution in [0.25, 0.3) is 0 Å². The Hall–Kier alpha value is -2.33. The molecule has 120 valence electrons. The van der Waals surface area contributed by atoms with Crippen molar-refractivity contribution >= 4 is 24.3 Å². The van der Waals surface area contributed by atoms with E-state index in [1.54, 1.807) is 24.3 Å². The van der Waals surface area contributed by atoms with Gasteiger partial charge >= 0.3 is 5.97 Å². The molecule has 1 N–H and O–H groups in total. The number of carbonyl (C=O) groups excluding carboxylic acids is 1. The molecule has 0 bridgehead atoms. The van der Waals surface area contributed by atoms with Crippen LogP contribution in [0.15, 0.2) is 60.7 Å². The molecule has 1 saturated heterocycles. The molecular formula is C18H18ClNO3. The third-order valence-electron chi connectivity index (χ3n) is 4.14. The van der Waals surface area contributed by atoms with Crippen LogP contribution in [0, 0.1) is 0 Å². The van der Waals surface area contributed by atoms with Crippen LogP contribution >= 0.6 is 12.4 Å². The molecule has 4 nitrogen and oxygen atoms in total. The monoisotopic (exact) mass is 331 g/mol. The number of nitrogens with zero attached hydrogens (tertiary/aromatic N) is 1. The van der Waals surface area contributed by atoms with Crippen molar-refractivity contribution in [2.45, 2.75) is 18.4 Å². The number of hydrogen-bond acceptors (Lipinski definition) is 2. The summed E-state index contributed by atoms with van der Waals surface area (Å²) in [6, 6.07) is 17.9. The van der Waals surface area contributed by atoms with E-state index in [1.165, 1.54) is 4.90 Å². The highest BCUT2D eigenvalue weighted by Crippen LogP contribution is 2.32. The third kappa shape index (κ3) is 3.54. The smallest absolute Gasteiger partial charge is 0.326 e. The minimum Gasteiger partial charge on any atom is -0.480 e. The number of aliphatic carboxylic acids is 1. The van der Waals surface area contributed by atoms with Gasteiger partial charge in [0.25, 0.3) is 5.91 Å². The van der Waals surface area contributed by atoms with Gasteiger partial charge in [-0.25, -0.2) is 4.79 Å². The van der Waals surface area contributed by atoms with Crippen LogP contribution < -0.4 is 0 Å². The quantitative estimate of drug-likeness (QED) is 0.939. The second kappa shape index (κ2) is 7.29. The highest BCUT2D eigenvalue weighted by molar-refractivity contribution is 5.97. The first-order chi connectivity index (χ1) is 10.7. The molecule has 2 atom stereocenters. The number of hydrogen-bond donors (Lipinski definition) is 1. The van der Waals surface area contributed by atoms with Gasteiger partial charge in [-0.3, -0.25) is 4.79 Å². The minimum atomic E-state index is -0.942. The molecule has 0 unspecified atom stereocenters. The molecule has 23 heavy (non-hydrogen) atoms. The lowest BCUT2D eigenvalue weighted by atomic mass is 9.96. The number of carbonyl (C=O) groups is 2. The van der Waals surface area contributed by atoms with E-state index in [9.17, 15) is 14.7 Å². The van der Waals surface area contributed by atoms with Crippen molar-refractivity contribution in [3.8, 4) is 0 Å². The van der Waals surface area contributed by atoms with Crippen molar-refractivity contribution in [3.05, 3.63) is 71.8 Å². The number of amides is 1. The van der Waals surface area contributed by atoms with Crippen molar-refractivity contribution in [1.82, 2.24) is 4.90 Å². The number of halogens is 1. The highest BCUT2D eigenvalue weighted by atomic mass is 35.5. The molecule has 0 spiro atoms. The number of benzene rings is 2. The molecule has 2 aromatic carbocycles. The van der Waals surface area contributed by atoms with Crippen LogP contribution in [0.1, 0.15) is 28.3 Å². The fourth-order valence-electron chi connectivity index (χ4n) is 3.01. The van der Waals surface area contributed by atoms with Crippen LogP contribution in [0.2, 0.25) is 0 Å². The van der Waals surface area contributed by atoms with Gasteiger partial charge in [0.05, 0.1) is 0 Å². The lowest BCUT2D eigenvalue weighted by Crippen LogP contribution is -2.40. The van der Waals surface area contributed by atoms with Crippen molar-refractivity contribution in [2.24, 2.45) is 0 Å². The average Bonchev–Trinajstić information content (AvgIpc) is 3.01. The SMILES string of the molecule is Cl.O=C(O)[C@@H]1C[C@H](c2ccccc2)CN1C(=O)c1ccccc1. The normalized spacial score (nSPS) is 19.9. The first kappa shape index (κ1) is 17.0. The Morgan fingerprint density at radius 2 is 1.52 bits per heavy atom. The van der Waals surface area contributed by atoms with E-state index in [0.717, 1.165) is 5.56 Å². The van der Waals surface area contributed by atoms with E-state index in [-0.39, 0.29) is 24.2 Å². The Morgan fingerprint density at radius 3 is 2.09 bits per heavy atom. The molecule has 1 amide bonds. The van der Waals surface area contributed by atoms with E-state index < -0.39 is 12.0 Å². The molecule has 5 heteroatoms. The van der Waals surface area contributed by atoms with Crippen LogP contribution in [0.5, 0.6) is 0 Å². The Balaban J connectivity index is 0.00000192. The zero-order chi connectivity index (χ0) is 15.5. The second-order valence-electron chi connectivity index (χ2n) is 5.52. The average molecular weight is 332 g/mol. The summed E-state index contributed by atoms with van der Waals surface area (Å²) in [6.07, 6.45) is 0.456. The predicted molar refractivity (Wildman–Crippen MR) is 90.0 cm³/mol. The molecule has 0 aliphatic carbocycles. The predicted octanol–water partition coefficient (Wildman–Crippen LogP) is 3.19. The van der Waals surface area contributed by atoms with Gasteiger partial charge in [0.2, 0.25) is 0 Å². The summed E-state index contributed by atoms with van der Waals surface area (Å²) in [7, 11) is 0. The van der Waals surface area contributed by atoms with E-state index >= 15 is 0 Å². The number of carboxylic acids is 1. The molecule has 0 aromatic heterocycles. The van der Waals surface area contributed by atoms with Crippen LogP contribution in [0.3, 0.4) is 0 Å². The van der Waals surface area contributed by atoms with E-state index in [4.69, 9.17) is 0 Å². The maximum absolute atomic E-state index is 12.6. The summed E-state index contributed by atoms with van der Waals surface area (Å²) in [5.74, 6) is -1.09.